The highest BCUT2D eigenvalue weighted by Gasteiger charge is 2.14. The van der Waals surface area contributed by atoms with Gasteiger partial charge in [-0.15, -0.1) is 0 Å². The van der Waals surface area contributed by atoms with Crippen molar-refractivity contribution < 1.29 is 0 Å². The topological polar surface area (TPSA) is 26.0 Å². The maximum absolute atomic E-state index is 5.66. The van der Waals surface area contributed by atoms with Crippen molar-refractivity contribution in [2.45, 2.75) is 23.8 Å². The Hall–Kier alpha value is 0.240. The highest BCUT2D eigenvalue weighted by Crippen LogP contribution is 2.28. The Morgan fingerprint density at radius 2 is 2.00 bits per heavy atom. The van der Waals surface area contributed by atoms with Gasteiger partial charge in [-0.1, -0.05) is 0 Å². The molecule has 1 aliphatic carbocycles. The second-order valence-electron chi connectivity index (χ2n) is 2.28. The summed E-state index contributed by atoms with van der Waals surface area (Å²) in [6, 6.07) is 0. The van der Waals surface area contributed by atoms with Crippen molar-refractivity contribution in [3.63, 3.8) is 0 Å². The summed E-state index contributed by atoms with van der Waals surface area (Å²) in [6.07, 6.45) is 3.30. The first kappa shape index (κ1) is 7.35. The molecule has 0 aromatic rings. The van der Waals surface area contributed by atoms with Gasteiger partial charge in [-0.3, -0.25) is 0 Å². The number of allylic oxidation sites excluding steroid dienone is 1. The highest BCUT2D eigenvalue weighted by atomic mass is 32.2. The highest BCUT2D eigenvalue weighted by molar-refractivity contribution is 7.99. The van der Waals surface area contributed by atoms with Gasteiger partial charge in [0, 0.05) is 5.70 Å². The summed E-state index contributed by atoms with van der Waals surface area (Å²) in [5.41, 5.74) is 7.89. The van der Waals surface area contributed by atoms with Crippen LogP contribution in [0.25, 0.3) is 0 Å². The maximum atomic E-state index is 5.66. The molecule has 0 heterocycles. The standard InChI is InChI=1S/C6H11NS2/c7-5-3-1-2-4(5)6(8)9/h6,8-9H,1-3,7H2. The number of hydrogen-bond acceptors (Lipinski definition) is 3. The average molecular weight is 161 g/mol. The summed E-state index contributed by atoms with van der Waals surface area (Å²) >= 11 is 8.36. The Morgan fingerprint density at radius 3 is 2.22 bits per heavy atom. The van der Waals surface area contributed by atoms with E-state index >= 15 is 0 Å². The molecule has 0 aliphatic heterocycles. The van der Waals surface area contributed by atoms with Crippen LogP contribution in [0.2, 0.25) is 0 Å². The summed E-state index contributed by atoms with van der Waals surface area (Å²) in [5, 5.41) is 0. The molecule has 2 N–H and O–H groups in total. The fraction of sp³-hybridized carbons (Fsp3) is 0.667. The summed E-state index contributed by atoms with van der Waals surface area (Å²) in [5.74, 6) is 0. The van der Waals surface area contributed by atoms with E-state index in [2.05, 4.69) is 25.3 Å². The molecule has 0 amide bonds. The van der Waals surface area contributed by atoms with E-state index in [1.54, 1.807) is 0 Å². The lowest BCUT2D eigenvalue weighted by Gasteiger charge is -2.04. The molecule has 0 unspecified atom stereocenters. The molecule has 1 nitrogen and oxygen atoms in total. The van der Waals surface area contributed by atoms with Gasteiger partial charge < -0.3 is 5.73 Å². The number of rotatable bonds is 1. The Morgan fingerprint density at radius 1 is 1.33 bits per heavy atom. The molecule has 1 aliphatic rings. The minimum atomic E-state index is 0.0625. The lowest BCUT2D eigenvalue weighted by atomic mass is 10.2. The van der Waals surface area contributed by atoms with Crippen molar-refractivity contribution in [1.82, 2.24) is 0 Å². The molecule has 9 heavy (non-hydrogen) atoms. The molecule has 0 saturated heterocycles. The maximum Gasteiger partial charge on any atom is 0.0671 e. The summed E-state index contributed by atoms with van der Waals surface area (Å²) in [6.45, 7) is 0. The van der Waals surface area contributed by atoms with Crippen molar-refractivity contribution in [1.29, 1.82) is 0 Å². The second kappa shape index (κ2) is 2.88. The summed E-state index contributed by atoms with van der Waals surface area (Å²) in [4.78, 5) is 0. The fourth-order valence-corrected chi connectivity index (χ4v) is 1.68. The van der Waals surface area contributed by atoms with Gasteiger partial charge in [-0.2, -0.15) is 25.3 Å². The Kier molecular flexibility index (Phi) is 2.35. The zero-order chi connectivity index (χ0) is 6.85. The molecule has 0 aromatic heterocycles. The van der Waals surface area contributed by atoms with Gasteiger partial charge in [0.05, 0.1) is 4.58 Å². The van der Waals surface area contributed by atoms with E-state index in [1.165, 1.54) is 12.0 Å². The SMILES string of the molecule is NC1=C(C(S)S)CCC1. The first-order valence-corrected chi connectivity index (χ1v) is 4.08. The van der Waals surface area contributed by atoms with Gasteiger partial charge in [-0.25, -0.2) is 0 Å². The summed E-state index contributed by atoms with van der Waals surface area (Å²) in [7, 11) is 0. The molecule has 0 atom stereocenters. The third-order valence-corrected chi connectivity index (χ3v) is 2.24. The van der Waals surface area contributed by atoms with E-state index in [1.807, 2.05) is 0 Å². The predicted octanol–water partition coefficient (Wildman–Crippen LogP) is 1.57. The number of hydrogen-bond donors (Lipinski definition) is 3. The van der Waals surface area contributed by atoms with Gasteiger partial charge in [0.25, 0.3) is 0 Å². The van der Waals surface area contributed by atoms with Crippen LogP contribution in [-0.4, -0.2) is 4.58 Å². The van der Waals surface area contributed by atoms with Crippen LogP contribution in [0, 0.1) is 0 Å². The number of thiol groups is 2. The van der Waals surface area contributed by atoms with Crippen LogP contribution in [0.5, 0.6) is 0 Å². The fourth-order valence-electron chi connectivity index (χ4n) is 1.09. The van der Waals surface area contributed by atoms with Crippen molar-refractivity contribution >= 4 is 25.3 Å². The smallest absolute Gasteiger partial charge is 0.0671 e. The first-order chi connectivity index (χ1) is 4.22. The third kappa shape index (κ3) is 1.58. The second-order valence-corrected chi connectivity index (χ2v) is 3.72. The summed E-state index contributed by atoms with van der Waals surface area (Å²) < 4.78 is 0.0625. The minimum absolute atomic E-state index is 0.0625. The third-order valence-electron chi connectivity index (χ3n) is 1.62. The van der Waals surface area contributed by atoms with Gasteiger partial charge >= 0.3 is 0 Å². The molecular formula is C6H11NS2. The molecular weight excluding hydrogens is 150 g/mol. The molecule has 0 radical (unpaired) electrons. The van der Waals surface area contributed by atoms with E-state index in [0.717, 1.165) is 18.5 Å². The zero-order valence-corrected chi connectivity index (χ0v) is 6.96. The van der Waals surface area contributed by atoms with Crippen LogP contribution >= 0.6 is 25.3 Å². The van der Waals surface area contributed by atoms with E-state index in [-0.39, 0.29) is 4.58 Å². The molecule has 0 bridgehead atoms. The molecule has 0 fully saturated rings. The van der Waals surface area contributed by atoms with Crippen LogP contribution in [-0.2, 0) is 0 Å². The van der Waals surface area contributed by atoms with Crippen LogP contribution in [0.1, 0.15) is 19.3 Å². The molecule has 0 aromatic carbocycles. The van der Waals surface area contributed by atoms with E-state index in [0.29, 0.717) is 0 Å². The van der Waals surface area contributed by atoms with E-state index in [9.17, 15) is 0 Å². The van der Waals surface area contributed by atoms with E-state index in [4.69, 9.17) is 5.73 Å². The molecule has 0 saturated carbocycles. The first-order valence-electron chi connectivity index (χ1n) is 3.05. The quantitative estimate of drug-likeness (QED) is 0.395. The predicted molar refractivity (Wildman–Crippen MR) is 46.8 cm³/mol. The lowest BCUT2D eigenvalue weighted by molar-refractivity contribution is 0.888. The molecule has 1 rings (SSSR count). The van der Waals surface area contributed by atoms with Crippen LogP contribution < -0.4 is 5.73 Å². The van der Waals surface area contributed by atoms with Gasteiger partial charge in [-0.05, 0) is 24.8 Å². The monoisotopic (exact) mass is 161 g/mol. The Labute approximate surface area is 66.5 Å². The molecule has 0 spiro atoms. The van der Waals surface area contributed by atoms with Crippen LogP contribution in [0.4, 0.5) is 0 Å². The van der Waals surface area contributed by atoms with Crippen molar-refractivity contribution in [2.75, 3.05) is 0 Å². The zero-order valence-electron chi connectivity index (χ0n) is 5.17. The molecule has 52 valence electrons. The minimum Gasteiger partial charge on any atom is -0.402 e. The Bertz CT molecular complexity index is 140. The average Bonchev–Trinajstić information content (AvgIpc) is 2.13. The lowest BCUT2D eigenvalue weighted by Crippen LogP contribution is -2.00. The van der Waals surface area contributed by atoms with Gasteiger partial charge in [0.1, 0.15) is 0 Å². The normalized spacial score (nSPS) is 19.9. The molecule has 3 heteroatoms. The largest absolute Gasteiger partial charge is 0.402 e. The van der Waals surface area contributed by atoms with Gasteiger partial charge in [0.2, 0.25) is 0 Å². The van der Waals surface area contributed by atoms with Crippen molar-refractivity contribution in [2.24, 2.45) is 5.73 Å². The van der Waals surface area contributed by atoms with Gasteiger partial charge in [0.15, 0.2) is 0 Å². The van der Waals surface area contributed by atoms with E-state index < -0.39 is 0 Å². The van der Waals surface area contributed by atoms with Crippen molar-refractivity contribution in [3.8, 4) is 0 Å². The van der Waals surface area contributed by atoms with Crippen LogP contribution in [0.15, 0.2) is 11.3 Å². The van der Waals surface area contributed by atoms with Crippen LogP contribution in [0.3, 0.4) is 0 Å². The Balaban J connectivity index is 2.66. The van der Waals surface area contributed by atoms with Crippen molar-refractivity contribution in [3.05, 3.63) is 11.3 Å². The number of nitrogens with two attached hydrogens (primary N) is 1.